The monoisotopic (exact) mass is 495 g/mol. The Morgan fingerprint density at radius 3 is 2.51 bits per heavy atom. The molecule has 0 saturated heterocycles. The van der Waals surface area contributed by atoms with Gasteiger partial charge in [-0.3, -0.25) is 4.79 Å². The first-order valence-corrected chi connectivity index (χ1v) is 12.2. The lowest BCUT2D eigenvalue weighted by Crippen LogP contribution is -2.31. The van der Waals surface area contributed by atoms with Crippen molar-refractivity contribution in [3.05, 3.63) is 95.2 Å². The number of carbonyl (C=O) groups excluding carboxylic acids is 1. The van der Waals surface area contributed by atoms with Crippen molar-refractivity contribution in [3.8, 4) is 22.9 Å². The zero-order chi connectivity index (χ0) is 25.9. The molecule has 1 aromatic heterocycles. The molecule has 0 radical (unpaired) electrons. The molecular formula is C29H29N5O3. The number of hydrogen-bond donors (Lipinski definition) is 2. The van der Waals surface area contributed by atoms with Gasteiger partial charge in [-0.2, -0.15) is 4.98 Å². The van der Waals surface area contributed by atoms with Crippen molar-refractivity contribution in [2.24, 2.45) is 0 Å². The van der Waals surface area contributed by atoms with Gasteiger partial charge in [-0.05, 0) is 56.2 Å². The van der Waals surface area contributed by atoms with Crippen LogP contribution in [0.5, 0.6) is 11.5 Å². The van der Waals surface area contributed by atoms with Gasteiger partial charge in [0.15, 0.2) is 17.3 Å². The SMILES string of the molecule is CCOc1ccc(C2C(C(=O)Nc3ccccc3)=C(C)Nc3nc(-c4ccccc4C)nn32)cc1OC. The van der Waals surface area contributed by atoms with Crippen molar-refractivity contribution < 1.29 is 14.3 Å². The second-order valence-electron chi connectivity index (χ2n) is 8.75. The van der Waals surface area contributed by atoms with Gasteiger partial charge >= 0.3 is 0 Å². The number of hydrogen-bond acceptors (Lipinski definition) is 6. The predicted molar refractivity (Wildman–Crippen MR) is 144 cm³/mol. The van der Waals surface area contributed by atoms with Crippen LogP contribution in [0, 0.1) is 6.92 Å². The molecule has 2 heterocycles. The Labute approximate surface area is 216 Å². The van der Waals surface area contributed by atoms with Crippen LogP contribution >= 0.6 is 0 Å². The molecule has 37 heavy (non-hydrogen) atoms. The molecule has 0 bridgehead atoms. The first-order valence-electron chi connectivity index (χ1n) is 12.2. The fourth-order valence-electron chi connectivity index (χ4n) is 4.54. The Morgan fingerprint density at radius 2 is 1.78 bits per heavy atom. The molecule has 8 nitrogen and oxygen atoms in total. The van der Waals surface area contributed by atoms with Gasteiger partial charge in [0.05, 0.1) is 19.3 Å². The molecule has 188 valence electrons. The van der Waals surface area contributed by atoms with E-state index in [1.54, 1.807) is 11.8 Å². The van der Waals surface area contributed by atoms with Crippen molar-refractivity contribution in [1.29, 1.82) is 0 Å². The molecule has 1 atom stereocenters. The maximum atomic E-state index is 13.7. The van der Waals surface area contributed by atoms with Crippen molar-refractivity contribution in [2.45, 2.75) is 26.8 Å². The van der Waals surface area contributed by atoms with E-state index in [0.717, 1.165) is 16.7 Å². The number of anilines is 2. The molecule has 1 aliphatic heterocycles. The number of allylic oxidation sites excluding steroid dienone is 1. The third kappa shape index (κ3) is 4.65. The first-order chi connectivity index (χ1) is 18.0. The average molecular weight is 496 g/mol. The Balaban J connectivity index is 1.64. The van der Waals surface area contributed by atoms with Gasteiger partial charge in [0.25, 0.3) is 5.91 Å². The summed E-state index contributed by atoms with van der Waals surface area (Å²) in [6.07, 6.45) is 0. The Hall–Kier alpha value is -4.59. The van der Waals surface area contributed by atoms with E-state index < -0.39 is 6.04 Å². The molecule has 5 rings (SSSR count). The van der Waals surface area contributed by atoms with Crippen LogP contribution in [0.2, 0.25) is 0 Å². The van der Waals surface area contributed by atoms with Crippen molar-refractivity contribution in [2.75, 3.05) is 24.4 Å². The van der Waals surface area contributed by atoms with E-state index in [1.165, 1.54) is 0 Å². The topological polar surface area (TPSA) is 90.3 Å². The van der Waals surface area contributed by atoms with Crippen LogP contribution in [0.15, 0.2) is 84.1 Å². The maximum Gasteiger partial charge on any atom is 0.255 e. The molecule has 0 spiro atoms. The molecule has 0 fully saturated rings. The van der Waals surface area contributed by atoms with Crippen LogP contribution in [-0.4, -0.2) is 34.4 Å². The summed E-state index contributed by atoms with van der Waals surface area (Å²) in [6.45, 7) is 6.34. The highest BCUT2D eigenvalue weighted by Crippen LogP contribution is 2.40. The van der Waals surface area contributed by atoms with Gasteiger partial charge in [0.1, 0.15) is 6.04 Å². The number of carbonyl (C=O) groups is 1. The maximum absolute atomic E-state index is 13.7. The largest absolute Gasteiger partial charge is 0.493 e. The van der Waals surface area contributed by atoms with Gasteiger partial charge in [0, 0.05) is 16.9 Å². The summed E-state index contributed by atoms with van der Waals surface area (Å²) in [5.74, 6) is 2.13. The fourth-order valence-corrected chi connectivity index (χ4v) is 4.54. The van der Waals surface area contributed by atoms with Gasteiger partial charge in [-0.1, -0.05) is 48.5 Å². The summed E-state index contributed by atoms with van der Waals surface area (Å²) < 4.78 is 13.1. The molecular weight excluding hydrogens is 466 g/mol. The minimum Gasteiger partial charge on any atom is -0.493 e. The molecule has 1 aliphatic rings. The molecule has 3 aromatic carbocycles. The van der Waals surface area contributed by atoms with E-state index in [2.05, 4.69) is 10.6 Å². The molecule has 8 heteroatoms. The van der Waals surface area contributed by atoms with E-state index in [1.807, 2.05) is 93.6 Å². The quantitative estimate of drug-likeness (QED) is 0.347. The predicted octanol–water partition coefficient (Wildman–Crippen LogP) is 5.59. The number of rotatable bonds is 7. The average Bonchev–Trinajstić information content (AvgIpc) is 3.32. The zero-order valence-corrected chi connectivity index (χ0v) is 21.3. The highest BCUT2D eigenvalue weighted by molar-refractivity contribution is 6.06. The third-order valence-electron chi connectivity index (χ3n) is 6.32. The molecule has 4 aromatic rings. The van der Waals surface area contributed by atoms with Crippen molar-refractivity contribution in [3.63, 3.8) is 0 Å². The second-order valence-corrected chi connectivity index (χ2v) is 8.75. The molecule has 1 unspecified atom stereocenters. The third-order valence-corrected chi connectivity index (χ3v) is 6.32. The van der Waals surface area contributed by atoms with Crippen LogP contribution in [0.4, 0.5) is 11.6 Å². The number of para-hydroxylation sites is 1. The van der Waals surface area contributed by atoms with Gasteiger partial charge in [-0.15, -0.1) is 5.10 Å². The summed E-state index contributed by atoms with van der Waals surface area (Å²) in [7, 11) is 1.60. The minimum atomic E-state index is -0.546. The van der Waals surface area contributed by atoms with Crippen LogP contribution in [0.1, 0.15) is 31.0 Å². The Bertz CT molecular complexity index is 1480. The summed E-state index contributed by atoms with van der Waals surface area (Å²) in [5, 5.41) is 11.2. The van der Waals surface area contributed by atoms with E-state index in [4.69, 9.17) is 19.6 Å². The Morgan fingerprint density at radius 1 is 1.03 bits per heavy atom. The molecule has 2 N–H and O–H groups in total. The van der Waals surface area contributed by atoms with Crippen LogP contribution in [0.3, 0.4) is 0 Å². The van der Waals surface area contributed by atoms with Gasteiger partial charge in [-0.25, -0.2) is 4.68 Å². The Kier molecular flexibility index (Phi) is 6.64. The normalized spacial score (nSPS) is 14.5. The summed E-state index contributed by atoms with van der Waals surface area (Å²) in [5.41, 5.74) is 4.76. The number of aryl methyl sites for hydroxylation is 1. The van der Waals surface area contributed by atoms with E-state index >= 15 is 0 Å². The van der Waals surface area contributed by atoms with Crippen molar-refractivity contribution in [1.82, 2.24) is 14.8 Å². The molecule has 0 saturated carbocycles. The number of methoxy groups -OCH3 is 1. The van der Waals surface area contributed by atoms with Gasteiger partial charge < -0.3 is 20.1 Å². The number of amides is 1. The number of benzene rings is 3. The van der Waals surface area contributed by atoms with Crippen molar-refractivity contribution >= 4 is 17.5 Å². The van der Waals surface area contributed by atoms with E-state index in [0.29, 0.717) is 46.8 Å². The molecule has 1 amide bonds. The fraction of sp³-hybridized carbons (Fsp3) is 0.207. The summed E-state index contributed by atoms with van der Waals surface area (Å²) in [4.78, 5) is 18.5. The number of nitrogens with one attached hydrogen (secondary N) is 2. The second kappa shape index (κ2) is 10.2. The minimum absolute atomic E-state index is 0.229. The van der Waals surface area contributed by atoms with Crippen LogP contribution in [-0.2, 0) is 4.79 Å². The zero-order valence-electron chi connectivity index (χ0n) is 21.3. The van der Waals surface area contributed by atoms with Gasteiger partial charge in [0.2, 0.25) is 5.95 Å². The highest BCUT2D eigenvalue weighted by atomic mass is 16.5. The van der Waals surface area contributed by atoms with Crippen LogP contribution in [0.25, 0.3) is 11.4 Å². The standard InChI is InChI=1S/C29H29N5O3/c1-5-37-23-16-15-20(17-24(23)36-4)26-25(28(35)31-21-12-7-6-8-13-21)19(3)30-29-32-27(33-34(26)29)22-14-10-9-11-18(22)2/h6-17,26H,5H2,1-4H3,(H,31,35)(H,30,32,33). The summed E-state index contributed by atoms with van der Waals surface area (Å²) >= 11 is 0. The lowest BCUT2D eigenvalue weighted by Gasteiger charge is -2.29. The molecule has 0 aliphatic carbocycles. The lowest BCUT2D eigenvalue weighted by atomic mass is 9.94. The highest BCUT2D eigenvalue weighted by Gasteiger charge is 2.35. The number of aromatic nitrogens is 3. The smallest absolute Gasteiger partial charge is 0.255 e. The number of fused-ring (bicyclic) bond motifs is 1. The number of nitrogens with zero attached hydrogens (tertiary/aromatic N) is 3. The van der Waals surface area contributed by atoms with E-state index in [9.17, 15) is 4.79 Å². The summed E-state index contributed by atoms with van der Waals surface area (Å²) in [6, 6.07) is 22.5. The first kappa shape index (κ1) is 24.1. The number of ether oxygens (including phenoxy) is 2. The lowest BCUT2D eigenvalue weighted by molar-refractivity contribution is -0.113. The van der Waals surface area contributed by atoms with Crippen LogP contribution < -0.4 is 20.1 Å². The van der Waals surface area contributed by atoms with E-state index in [-0.39, 0.29) is 5.91 Å².